The number of hydrogen-bond donors (Lipinski definition) is 3. The van der Waals surface area contributed by atoms with Gasteiger partial charge in [0.15, 0.2) is 5.96 Å². The van der Waals surface area contributed by atoms with Gasteiger partial charge in [-0.25, -0.2) is 0 Å². The molecule has 142 valence electrons. The highest BCUT2D eigenvalue weighted by Crippen LogP contribution is 2.17. The Morgan fingerprint density at radius 2 is 2.00 bits per heavy atom. The van der Waals surface area contributed by atoms with E-state index < -0.39 is 0 Å². The highest BCUT2D eigenvalue weighted by atomic mass is 16.5. The summed E-state index contributed by atoms with van der Waals surface area (Å²) in [4.78, 5) is 4.60. The van der Waals surface area contributed by atoms with E-state index in [2.05, 4.69) is 48.6 Å². The lowest BCUT2D eigenvalue weighted by atomic mass is 10.1. The molecular weight excluding hydrogens is 316 g/mol. The summed E-state index contributed by atoms with van der Waals surface area (Å²) in [6.07, 6.45) is 0.874. The van der Waals surface area contributed by atoms with Crippen LogP contribution in [0.1, 0.15) is 34.1 Å². The summed E-state index contributed by atoms with van der Waals surface area (Å²) < 4.78 is 10.8. The lowest BCUT2D eigenvalue weighted by Gasteiger charge is -2.20. The van der Waals surface area contributed by atoms with Gasteiger partial charge in [0, 0.05) is 50.5 Å². The Hall–Kier alpha value is -1.79. The van der Waals surface area contributed by atoms with Crippen LogP contribution < -0.4 is 20.7 Å². The molecule has 25 heavy (non-hydrogen) atoms. The van der Waals surface area contributed by atoms with Crippen LogP contribution in [0.2, 0.25) is 0 Å². The molecule has 0 heterocycles. The molecule has 1 aromatic carbocycles. The lowest BCUT2D eigenvalue weighted by Crippen LogP contribution is -2.38. The molecule has 3 N–H and O–H groups in total. The van der Waals surface area contributed by atoms with E-state index in [4.69, 9.17) is 9.47 Å². The fourth-order valence-electron chi connectivity index (χ4n) is 2.10. The van der Waals surface area contributed by atoms with Gasteiger partial charge in [-0.15, -0.1) is 0 Å². The van der Waals surface area contributed by atoms with Crippen LogP contribution in [0.25, 0.3) is 0 Å². The van der Waals surface area contributed by atoms with Crippen LogP contribution in [-0.2, 0) is 4.74 Å². The molecule has 0 fully saturated rings. The van der Waals surface area contributed by atoms with E-state index in [1.54, 1.807) is 7.11 Å². The number of rotatable bonds is 10. The Kier molecular flexibility index (Phi) is 9.96. The summed E-state index contributed by atoms with van der Waals surface area (Å²) in [6.45, 7) is 12.2. The van der Waals surface area contributed by atoms with Crippen LogP contribution in [0.15, 0.2) is 29.3 Å². The molecule has 0 aliphatic rings. The summed E-state index contributed by atoms with van der Waals surface area (Å²) in [5, 5.41) is 10.0. The minimum absolute atomic E-state index is 0.107. The third-order valence-electron chi connectivity index (χ3n) is 3.24. The van der Waals surface area contributed by atoms with Gasteiger partial charge < -0.3 is 25.4 Å². The quantitative estimate of drug-likeness (QED) is 0.344. The van der Waals surface area contributed by atoms with Crippen molar-refractivity contribution in [2.24, 2.45) is 4.99 Å². The first-order valence-electron chi connectivity index (χ1n) is 8.97. The minimum Gasteiger partial charge on any atom is -0.493 e. The molecule has 0 aromatic heterocycles. The van der Waals surface area contributed by atoms with Crippen molar-refractivity contribution in [3.05, 3.63) is 24.3 Å². The molecule has 0 saturated heterocycles. The van der Waals surface area contributed by atoms with Crippen LogP contribution in [0.5, 0.6) is 5.75 Å². The van der Waals surface area contributed by atoms with Crippen molar-refractivity contribution in [3.8, 4) is 5.75 Å². The highest BCUT2D eigenvalue weighted by molar-refractivity contribution is 5.93. The lowest BCUT2D eigenvalue weighted by molar-refractivity contribution is 0.172. The number of benzene rings is 1. The zero-order valence-corrected chi connectivity index (χ0v) is 16.3. The number of nitrogens with one attached hydrogen (secondary N) is 3. The number of hydrogen-bond acceptors (Lipinski definition) is 4. The van der Waals surface area contributed by atoms with Crippen molar-refractivity contribution in [1.29, 1.82) is 0 Å². The molecule has 0 radical (unpaired) electrons. The molecule has 0 bridgehead atoms. The number of ether oxygens (including phenoxy) is 2. The first-order chi connectivity index (χ1) is 11.9. The predicted molar refractivity (Wildman–Crippen MR) is 106 cm³/mol. The van der Waals surface area contributed by atoms with Crippen molar-refractivity contribution in [3.63, 3.8) is 0 Å². The van der Waals surface area contributed by atoms with E-state index >= 15 is 0 Å². The number of aliphatic imine (C=N–C) groups is 1. The number of anilines is 1. The van der Waals surface area contributed by atoms with E-state index in [9.17, 15) is 0 Å². The van der Waals surface area contributed by atoms with Gasteiger partial charge in [0.2, 0.25) is 0 Å². The summed E-state index contributed by atoms with van der Waals surface area (Å²) in [6, 6.07) is 7.91. The van der Waals surface area contributed by atoms with Crippen LogP contribution in [-0.4, -0.2) is 51.5 Å². The van der Waals surface area contributed by atoms with E-state index in [1.165, 1.54) is 0 Å². The van der Waals surface area contributed by atoms with Crippen LogP contribution in [0.4, 0.5) is 5.69 Å². The van der Waals surface area contributed by atoms with Crippen molar-refractivity contribution in [1.82, 2.24) is 10.6 Å². The Labute approximate surface area is 152 Å². The molecule has 0 unspecified atom stereocenters. The van der Waals surface area contributed by atoms with E-state index in [-0.39, 0.29) is 5.54 Å². The van der Waals surface area contributed by atoms with Gasteiger partial charge in [0.1, 0.15) is 5.75 Å². The predicted octanol–water partition coefficient (Wildman–Crippen LogP) is 2.87. The zero-order valence-electron chi connectivity index (χ0n) is 16.3. The second-order valence-electron chi connectivity index (χ2n) is 6.79. The molecule has 0 atom stereocenters. The van der Waals surface area contributed by atoms with Gasteiger partial charge in [-0.05, 0) is 39.8 Å². The molecule has 0 aliphatic carbocycles. The van der Waals surface area contributed by atoms with E-state index in [1.807, 2.05) is 24.3 Å². The highest BCUT2D eigenvalue weighted by Gasteiger charge is 2.07. The smallest absolute Gasteiger partial charge is 0.195 e. The zero-order chi connectivity index (χ0) is 18.5. The SMILES string of the molecule is CCNC(=NCCNC(C)(C)C)Nc1cccc(OCCCOC)c1. The van der Waals surface area contributed by atoms with Crippen LogP contribution in [0.3, 0.4) is 0 Å². The van der Waals surface area contributed by atoms with Gasteiger partial charge in [-0.1, -0.05) is 6.07 Å². The Balaban J connectivity index is 2.56. The molecular formula is C19H34N4O2. The minimum atomic E-state index is 0.107. The average molecular weight is 351 g/mol. The van der Waals surface area contributed by atoms with Crippen LogP contribution in [0, 0.1) is 0 Å². The molecule has 1 rings (SSSR count). The normalized spacial score (nSPS) is 12.1. The summed E-state index contributed by atoms with van der Waals surface area (Å²) >= 11 is 0. The largest absolute Gasteiger partial charge is 0.493 e. The first-order valence-corrected chi connectivity index (χ1v) is 8.97. The average Bonchev–Trinajstić information content (AvgIpc) is 2.55. The van der Waals surface area contributed by atoms with Gasteiger partial charge >= 0.3 is 0 Å². The van der Waals surface area contributed by atoms with Crippen molar-refractivity contribution >= 4 is 11.6 Å². The van der Waals surface area contributed by atoms with Gasteiger partial charge in [-0.3, -0.25) is 4.99 Å². The Bertz CT molecular complexity index is 512. The van der Waals surface area contributed by atoms with Crippen LogP contribution >= 0.6 is 0 Å². The number of nitrogens with zero attached hydrogens (tertiary/aromatic N) is 1. The second kappa shape index (κ2) is 11.7. The maximum absolute atomic E-state index is 5.74. The van der Waals surface area contributed by atoms with E-state index in [0.717, 1.165) is 36.9 Å². The maximum Gasteiger partial charge on any atom is 0.195 e. The maximum atomic E-state index is 5.74. The van der Waals surface area contributed by atoms with Gasteiger partial charge in [-0.2, -0.15) is 0 Å². The van der Waals surface area contributed by atoms with Gasteiger partial charge in [0.05, 0.1) is 13.2 Å². The molecule has 0 spiro atoms. The molecule has 0 aliphatic heterocycles. The summed E-state index contributed by atoms with van der Waals surface area (Å²) in [7, 11) is 1.70. The fraction of sp³-hybridized carbons (Fsp3) is 0.632. The molecule has 0 amide bonds. The molecule has 0 saturated carbocycles. The second-order valence-corrected chi connectivity index (χ2v) is 6.79. The van der Waals surface area contributed by atoms with E-state index in [0.29, 0.717) is 19.8 Å². The Morgan fingerprint density at radius 3 is 2.68 bits per heavy atom. The standard InChI is InChI=1S/C19H34N4O2/c1-6-20-18(21-11-12-22-19(2,3)4)23-16-9-7-10-17(15-16)25-14-8-13-24-5/h7,9-10,15,22H,6,8,11-14H2,1-5H3,(H2,20,21,23). The summed E-state index contributed by atoms with van der Waals surface area (Å²) in [5.74, 6) is 1.61. The molecule has 6 nitrogen and oxygen atoms in total. The first kappa shape index (κ1) is 21.3. The number of methoxy groups -OCH3 is 1. The third kappa shape index (κ3) is 10.6. The third-order valence-corrected chi connectivity index (χ3v) is 3.24. The molecule has 6 heteroatoms. The topological polar surface area (TPSA) is 66.9 Å². The fourth-order valence-corrected chi connectivity index (χ4v) is 2.10. The van der Waals surface area contributed by atoms with Crippen molar-refractivity contribution in [2.75, 3.05) is 45.3 Å². The summed E-state index contributed by atoms with van der Waals surface area (Å²) in [5.41, 5.74) is 1.06. The number of guanidine groups is 1. The molecule has 1 aromatic rings. The van der Waals surface area contributed by atoms with Crippen molar-refractivity contribution in [2.45, 2.75) is 39.7 Å². The monoisotopic (exact) mass is 350 g/mol. The Morgan fingerprint density at radius 1 is 1.20 bits per heavy atom. The van der Waals surface area contributed by atoms with Crippen molar-refractivity contribution < 1.29 is 9.47 Å². The van der Waals surface area contributed by atoms with Gasteiger partial charge in [0.25, 0.3) is 0 Å².